The van der Waals surface area contributed by atoms with Crippen LogP contribution in [0.25, 0.3) is 5.52 Å². The van der Waals surface area contributed by atoms with Gasteiger partial charge in [-0.15, -0.1) is 11.6 Å². The third-order valence-electron chi connectivity index (χ3n) is 2.85. The van der Waals surface area contributed by atoms with E-state index in [0.29, 0.717) is 17.0 Å². The van der Waals surface area contributed by atoms with E-state index in [2.05, 4.69) is 15.4 Å². The van der Waals surface area contributed by atoms with Gasteiger partial charge in [0.2, 0.25) is 0 Å². The highest BCUT2D eigenvalue weighted by Crippen LogP contribution is 2.09. The molecule has 2 aromatic heterocycles. The van der Waals surface area contributed by atoms with Crippen LogP contribution in [0.5, 0.6) is 0 Å². The summed E-state index contributed by atoms with van der Waals surface area (Å²) in [7, 11) is 0. The zero-order valence-corrected chi connectivity index (χ0v) is 10.9. The summed E-state index contributed by atoms with van der Waals surface area (Å²) in [4.78, 5) is 16.1. The molecule has 1 unspecified atom stereocenters. The Bertz CT molecular complexity index is 540. The maximum atomic E-state index is 12.1. The van der Waals surface area contributed by atoms with Crippen molar-refractivity contribution in [3.05, 3.63) is 30.4 Å². The van der Waals surface area contributed by atoms with Crippen molar-refractivity contribution < 1.29 is 4.79 Å². The van der Waals surface area contributed by atoms with E-state index in [1.165, 1.54) is 0 Å². The molecule has 0 saturated heterocycles. The van der Waals surface area contributed by atoms with Gasteiger partial charge in [-0.3, -0.25) is 9.78 Å². The minimum Gasteiger partial charge on any atom is -0.349 e. The average molecular weight is 267 g/mol. The predicted molar refractivity (Wildman–Crippen MR) is 69.9 cm³/mol. The van der Waals surface area contributed by atoms with E-state index in [1.807, 2.05) is 6.92 Å². The molecule has 18 heavy (non-hydrogen) atoms. The first-order chi connectivity index (χ1) is 8.76. The standard InChI is InChI=1S/C12H15ClN4O/c1-2-9(3-4-13)16-12(18)10-7-15-17-6-5-14-8-11(10)17/h5-9H,2-4H2,1H3,(H,16,18). The molecule has 6 heteroatoms. The van der Waals surface area contributed by atoms with Crippen LogP contribution in [0.4, 0.5) is 0 Å². The maximum Gasteiger partial charge on any atom is 0.255 e. The number of carbonyl (C=O) groups excluding carboxylic acids is 1. The van der Waals surface area contributed by atoms with Gasteiger partial charge >= 0.3 is 0 Å². The van der Waals surface area contributed by atoms with Crippen LogP contribution in [0.2, 0.25) is 0 Å². The van der Waals surface area contributed by atoms with Crippen LogP contribution in [0.3, 0.4) is 0 Å². The molecule has 0 radical (unpaired) electrons. The summed E-state index contributed by atoms with van der Waals surface area (Å²) >= 11 is 5.70. The fraction of sp³-hybridized carbons (Fsp3) is 0.417. The average Bonchev–Trinajstić information content (AvgIpc) is 2.82. The quantitative estimate of drug-likeness (QED) is 0.841. The van der Waals surface area contributed by atoms with Gasteiger partial charge in [0.15, 0.2) is 0 Å². The number of alkyl halides is 1. The third-order valence-corrected chi connectivity index (χ3v) is 3.07. The number of nitrogens with one attached hydrogen (secondary N) is 1. The van der Waals surface area contributed by atoms with Crippen molar-refractivity contribution in [1.82, 2.24) is 19.9 Å². The SMILES string of the molecule is CCC(CCCl)NC(=O)c1cnn2ccncc12. The minimum absolute atomic E-state index is 0.0987. The largest absolute Gasteiger partial charge is 0.349 e. The molecule has 2 aromatic rings. The lowest BCUT2D eigenvalue weighted by Crippen LogP contribution is -2.34. The van der Waals surface area contributed by atoms with E-state index in [1.54, 1.807) is 29.3 Å². The van der Waals surface area contributed by atoms with Crippen LogP contribution < -0.4 is 5.32 Å². The fourth-order valence-electron chi connectivity index (χ4n) is 1.78. The lowest BCUT2D eigenvalue weighted by atomic mass is 10.1. The number of rotatable bonds is 5. The van der Waals surface area contributed by atoms with E-state index in [0.717, 1.165) is 12.8 Å². The molecule has 5 nitrogen and oxygen atoms in total. The topological polar surface area (TPSA) is 59.3 Å². The number of halogens is 1. The summed E-state index contributed by atoms with van der Waals surface area (Å²) < 4.78 is 1.63. The highest BCUT2D eigenvalue weighted by atomic mass is 35.5. The molecule has 0 bridgehead atoms. The molecule has 1 atom stereocenters. The van der Waals surface area contributed by atoms with Crippen LogP contribution >= 0.6 is 11.6 Å². The Morgan fingerprint density at radius 1 is 1.56 bits per heavy atom. The third kappa shape index (κ3) is 2.61. The molecule has 0 spiro atoms. The van der Waals surface area contributed by atoms with Gasteiger partial charge in [-0.2, -0.15) is 5.10 Å². The number of hydrogen-bond donors (Lipinski definition) is 1. The molecule has 96 valence electrons. The zero-order chi connectivity index (χ0) is 13.0. The van der Waals surface area contributed by atoms with Crippen molar-refractivity contribution in [2.45, 2.75) is 25.8 Å². The van der Waals surface area contributed by atoms with Crippen LogP contribution in [0, 0.1) is 0 Å². The van der Waals surface area contributed by atoms with Crippen molar-refractivity contribution >= 4 is 23.0 Å². The van der Waals surface area contributed by atoms with Crippen LogP contribution in [-0.4, -0.2) is 32.4 Å². The summed E-state index contributed by atoms with van der Waals surface area (Å²) in [6, 6.07) is 0.0987. The number of hydrogen-bond acceptors (Lipinski definition) is 3. The van der Waals surface area contributed by atoms with Gasteiger partial charge < -0.3 is 5.32 Å². The molecule has 0 aliphatic rings. The molecule has 1 amide bonds. The van der Waals surface area contributed by atoms with Crippen molar-refractivity contribution in [2.75, 3.05) is 5.88 Å². The van der Waals surface area contributed by atoms with E-state index in [9.17, 15) is 4.79 Å². The van der Waals surface area contributed by atoms with Gasteiger partial charge in [0.05, 0.1) is 23.5 Å². The predicted octanol–water partition coefficient (Wildman–Crippen LogP) is 1.87. The number of nitrogens with zero attached hydrogens (tertiary/aromatic N) is 3. The summed E-state index contributed by atoms with van der Waals surface area (Å²) in [6.07, 6.45) is 8.15. The minimum atomic E-state index is -0.130. The van der Waals surface area contributed by atoms with Crippen molar-refractivity contribution in [3.8, 4) is 0 Å². The molecule has 1 N–H and O–H groups in total. The molecule has 0 aromatic carbocycles. The second-order valence-corrected chi connectivity index (χ2v) is 4.40. The lowest BCUT2D eigenvalue weighted by Gasteiger charge is -2.14. The van der Waals surface area contributed by atoms with Crippen molar-refractivity contribution in [3.63, 3.8) is 0 Å². The van der Waals surface area contributed by atoms with Gasteiger partial charge in [0.25, 0.3) is 5.91 Å². The Hall–Kier alpha value is -1.62. The zero-order valence-electron chi connectivity index (χ0n) is 10.1. The van der Waals surface area contributed by atoms with E-state index in [-0.39, 0.29) is 11.9 Å². The summed E-state index contributed by atoms with van der Waals surface area (Å²) in [5.41, 5.74) is 1.24. The van der Waals surface area contributed by atoms with Crippen LogP contribution in [-0.2, 0) is 0 Å². The number of fused-ring (bicyclic) bond motifs is 1. The second kappa shape index (κ2) is 5.82. The number of carbonyl (C=O) groups is 1. The molecule has 0 saturated carbocycles. The molecule has 0 aliphatic heterocycles. The smallest absolute Gasteiger partial charge is 0.255 e. The van der Waals surface area contributed by atoms with E-state index >= 15 is 0 Å². The Labute approximate surface area is 110 Å². The van der Waals surface area contributed by atoms with E-state index < -0.39 is 0 Å². The molecule has 0 aliphatic carbocycles. The molecular formula is C12H15ClN4O. The van der Waals surface area contributed by atoms with Crippen LogP contribution in [0.1, 0.15) is 30.1 Å². The Kier molecular flexibility index (Phi) is 4.15. The Morgan fingerprint density at radius 3 is 3.11 bits per heavy atom. The molecule has 2 heterocycles. The number of amides is 1. The summed E-state index contributed by atoms with van der Waals surface area (Å²) in [5, 5.41) is 7.07. The molecular weight excluding hydrogens is 252 g/mol. The Balaban J connectivity index is 2.18. The summed E-state index contributed by atoms with van der Waals surface area (Å²) in [5.74, 6) is 0.407. The van der Waals surface area contributed by atoms with Gasteiger partial charge in [-0.05, 0) is 12.8 Å². The first-order valence-corrected chi connectivity index (χ1v) is 6.44. The summed E-state index contributed by atoms with van der Waals surface area (Å²) in [6.45, 7) is 2.02. The second-order valence-electron chi connectivity index (χ2n) is 4.02. The van der Waals surface area contributed by atoms with Crippen molar-refractivity contribution in [2.24, 2.45) is 0 Å². The first kappa shape index (κ1) is 12.8. The fourth-order valence-corrected chi connectivity index (χ4v) is 2.05. The van der Waals surface area contributed by atoms with Gasteiger partial charge in [-0.1, -0.05) is 6.92 Å². The Morgan fingerprint density at radius 2 is 2.39 bits per heavy atom. The van der Waals surface area contributed by atoms with Gasteiger partial charge in [-0.25, -0.2) is 4.52 Å². The number of aromatic nitrogens is 3. The highest BCUT2D eigenvalue weighted by molar-refractivity contribution is 6.17. The van der Waals surface area contributed by atoms with Gasteiger partial charge in [0, 0.05) is 24.3 Å². The maximum absolute atomic E-state index is 12.1. The lowest BCUT2D eigenvalue weighted by molar-refractivity contribution is 0.0936. The first-order valence-electron chi connectivity index (χ1n) is 5.90. The van der Waals surface area contributed by atoms with E-state index in [4.69, 9.17) is 11.6 Å². The van der Waals surface area contributed by atoms with Crippen LogP contribution in [0.15, 0.2) is 24.8 Å². The highest BCUT2D eigenvalue weighted by Gasteiger charge is 2.15. The molecule has 2 rings (SSSR count). The van der Waals surface area contributed by atoms with Gasteiger partial charge in [0.1, 0.15) is 0 Å². The van der Waals surface area contributed by atoms with Crippen molar-refractivity contribution in [1.29, 1.82) is 0 Å². The monoisotopic (exact) mass is 266 g/mol. The normalized spacial score (nSPS) is 12.6. The molecule has 0 fully saturated rings.